The first-order valence-electron chi connectivity index (χ1n) is 6.62. The van der Waals surface area contributed by atoms with Gasteiger partial charge in [0.1, 0.15) is 12.4 Å². The Morgan fingerprint density at radius 1 is 1.00 bits per heavy atom. The van der Waals surface area contributed by atoms with Crippen LogP contribution < -0.4 is 4.74 Å². The van der Waals surface area contributed by atoms with Crippen molar-refractivity contribution < 1.29 is 9.47 Å². The average Bonchev–Trinajstić information content (AvgIpc) is 2.41. The standard InChI is InChI=1S/C15H22O2/c1-16-11-12-17-15-9-7-14(8-10-15)13-5-3-2-4-6-13/h7-10,13H,2-6,11-12H2,1H3. The highest BCUT2D eigenvalue weighted by atomic mass is 16.5. The third-order valence-electron chi connectivity index (χ3n) is 3.51. The Labute approximate surface area is 104 Å². The van der Waals surface area contributed by atoms with Gasteiger partial charge in [-0.3, -0.25) is 0 Å². The highest BCUT2D eigenvalue weighted by molar-refractivity contribution is 5.29. The second kappa shape index (κ2) is 6.65. The van der Waals surface area contributed by atoms with Gasteiger partial charge < -0.3 is 9.47 Å². The van der Waals surface area contributed by atoms with Gasteiger partial charge in [-0.15, -0.1) is 0 Å². The van der Waals surface area contributed by atoms with E-state index < -0.39 is 0 Å². The Bertz CT molecular complexity index is 312. The van der Waals surface area contributed by atoms with E-state index in [-0.39, 0.29) is 0 Å². The van der Waals surface area contributed by atoms with Crippen molar-refractivity contribution in [3.8, 4) is 5.75 Å². The van der Waals surface area contributed by atoms with Crippen LogP contribution in [0.25, 0.3) is 0 Å². The molecule has 0 spiro atoms. The molecule has 1 aliphatic carbocycles. The highest BCUT2D eigenvalue weighted by Crippen LogP contribution is 2.33. The molecule has 0 aliphatic heterocycles. The zero-order valence-corrected chi connectivity index (χ0v) is 10.7. The maximum absolute atomic E-state index is 5.56. The minimum absolute atomic E-state index is 0.624. The highest BCUT2D eigenvalue weighted by Gasteiger charge is 2.14. The third kappa shape index (κ3) is 3.74. The molecule has 1 saturated carbocycles. The molecule has 1 aromatic carbocycles. The lowest BCUT2D eigenvalue weighted by Crippen LogP contribution is -2.06. The van der Waals surface area contributed by atoms with E-state index >= 15 is 0 Å². The van der Waals surface area contributed by atoms with Gasteiger partial charge in [0, 0.05) is 7.11 Å². The Kier molecular flexibility index (Phi) is 4.87. The van der Waals surface area contributed by atoms with Crippen molar-refractivity contribution in [3.05, 3.63) is 29.8 Å². The van der Waals surface area contributed by atoms with Crippen molar-refractivity contribution in [3.63, 3.8) is 0 Å². The fraction of sp³-hybridized carbons (Fsp3) is 0.600. The third-order valence-corrected chi connectivity index (χ3v) is 3.51. The van der Waals surface area contributed by atoms with Gasteiger partial charge >= 0.3 is 0 Å². The Balaban J connectivity index is 1.88. The van der Waals surface area contributed by atoms with Crippen LogP contribution in [0.3, 0.4) is 0 Å². The molecule has 0 radical (unpaired) electrons. The summed E-state index contributed by atoms with van der Waals surface area (Å²) in [4.78, 5) is 0. The van der Waals surface area contributed by atoms with E-state index in [4.69, 9.17) is 9.47 Å². The largest absolute Gasteiger partial charge is 0.491 e. The van der Waals surface area contributed by atoms with Gasteiger partial charge in [0.25, 0.3) is 0 Å². The molecule has 94 valence electrons. The van der Waals surface area contributed by atoms with Crippen molar-refractivity contribution in [1.29, 1.82) is 0 Å². The summed E-state index contributed by atoms with van der Waals surface area (Å²) < 4.78 is 10.5. The molecule has 0 atom stereocenters. The van der Waals surface area contributed by atoms with E-state index in [9.17, 15) is 0 Å². The van der Waals surface area contributed by atoms with E-state index in [0.29, 0.717) is 13.2 Å². The van der Waals surface area contributed by atoms with Crippen molar-refractivity contribution in [2.75, 3.05) is 20.3 Å². The molecular formula is C15H22O2. The van der Waals surface area contributed by atoms with Crippen LogP contribution in [0.4, 0.5) is 0 Å². The van der Waals surface area contributed by atoms with E-state index in [2.05, 4.69) is 24.3 Å². The molecule has 0 saturated heterocycles. The molecule has 0 N–H and O–H groups in total. The fourth-order valence-electron chi connectivity index (χ4n) is 2.51. The minimum atomic E-state index is 0.624. The molecule has 1 aromatic rings. The molecule has 0 unspecified atom stereocenters. The SMILES string of the molecule is COCCOc1ccc(C2CCCCC2)cc1. The zero-order valence-electron chi connectivity index (χ0n) is 10.7. The second-order valence-electron chi connectivity index (χ2n) is 4.75. The molecule has 0 aromatic heterocycles. The van der Waals surface area contributed by atoms with E-state index in [1.54, 1.807) is 7.11 Å². The van der Waals surface area contributed by atoms with Crippen LogP contribution >= 0.6 is 0 Å². The van der Waals surface area contributed by atoms with Crippen molar-refractivity contribution >= 4 is 0 Å². The van der Waals surface area contributed by atoms with Crippen LogP contribution in [-0.4, -0.2) is 20.3 Å². The average molecular weight is 234 g/mol. The minimum Gasteiger partial charge on any atom is -0.491 e. The smallest absolute Gasteiger partial charge is 0.119 e. The van der Waals surface area contributed by atoms with E-state index in [1.807, 2.05) is 0 Å². The van der Waals surface area contributed by atoms with Crippen LogP contribution in [0.1, 0.15) is 43.6 Å². The Morgan fingerprint density at radius 3 is 2.35 bits per heavy atom. The van der Waals surface area contributed by atoms with Gasteiger partial charge in [0.15, 0.2) is 0 Å². The molecule has 17 heavy (non-hydrogen) atoms. The summed E-state index contributed by atoms with van der Waals surface area (Å²) >= 11 is 0. The maximum Gasteiger partial charge on any atom is 0.119 e. The normalized spacial score (nSPS) is 17.0. The van der Waals surface area contributed by atoms with Crippen molar-refractivity contribution in [1.82, 2.24) is 0 Å². The summed E-state index contributed by atoms with van der Waals surface area (Å²) in [6, 6.07) is 8.61. The van der Waals surface area contributed by atoms with Crippen LogP contribution in [0.2, 0.25) is 0 Å². The Hall–Kier alpha value is -1.02. The van der Waals surface area contributed by atoms with Crippen LogP contribution in [0.5, 0.6) is 5.75 Å². The fourth-order valence-corrected chi connectivity index (χ4v) is 2.51. The zero-order chi connectivity index (χ0) is 11.9. The lowest BCUT2D eigenvalue weighted by Gasteiger charge is -2.22. The summed E-state index contributed by atoms with van der Waals surface area (Å²) in [6.07, 6.45) is 6.88. The lowest BCUT2D eigenvalue weighted by molar-refractivity contribution is 0.146. The molecule has 0 amide bonds. The molecular weight excluding hydrogens is 212 g/mol. The lowest BCUT2D eigenvalue weighted by atomic mass is 9.84. The maximum atomic E-state index is 5.56. The number of ether oxygens (including phenoxy) is 2. The molecule has 0 heterocycles. The number of hydrogen-bond donors (Lipinski definition) is 0. The number of hydrogen-bond acceptors (Lipinski definition) is 2. The van der Waals surface area contributed by atoms with Crippen LogP contribution in [0.15, 0.2) is 24.3 Å². The van der Waals surface area contributed by atoms with Gasteiger partial charge in [-0.05, 0) is 36.5 Å². The van der Waals surface area contributed by atoms with Gasteiger partial charge in [0.2, 0.25) is 0 Å². The second-order valence-corrected chi connectivity index (χ2v) is 4.75. The van der Waals surface area contributed by atoms with Gasteiger partial charge in [-0.2, -0.15) is 0 Å². The van der Waals surface area contributed by atoms with E-state index in [1.165, 1.54) is 37.7 Å². The first-order chi connectivity index (χ1) is 8.40. The van der Waals surface area contributed by atoms with Crippen molar-refractivity contribution in [2.24, 2.45) is 0 Å². The van der Waals surface area contributed by atoms with Gasteiger partial charge in [0.05, 0.1) is 6.61 Å². The van der Waals surface area contributed by atoms with Crippen LogP contribution in [0, 0.1) is 0 Å². The summed E-state index contributed by atoms with van der Waals surface area (Å²) in [5.41, 5.74) is 1.48. The number of benzene rings is 1. The quantitative estimate of drug-likeness (QED) is 0.722. The van der Waals surface area contributed by atoms with Gasteiger partial charge in [-0.1, -0.05) is 31.4 Å². The molecule has 0 bridgehead atoms. The van der Waals surface area contributed by atoms with Gasteiger partial charge in [-0.25, -0.2) is 0 Å². The van der Waals surface area contributed by atoms with E-state index in [0.717, 1.165) is 11.7 Å². The number of rotatable bonds is 5. The first kappa shape index (κ1) is 12.4. The van der Waals surface area contributed by atoms with Crippen LogP contribution in [-0.2, 0) is 4.74 Å². The Morgan fingerprint density at radius 2 is 1.71 bits per heavy atom. The first-order valence-corrected chi connectivity index (χ1v) is 6.62. The molecule has 2 nitrogen and oxygen atoms in total. The molecule has 1 aliphatic rings. The topological polar surface area (TPSA) is 18.5 Å². The summed E-state index contributed by atoms with van der Waals surface area (Å²) in [5.74, 6) is 1.72. The predicted molar refractivity (Wildman–Crippen MR) is 69.6 cm³/mol. The van der Waals surface area contributed by atoms with Crippen molar-refractivity contribution in [2.45, 2.75) is 38.0 Å². The monoisotopic (exact) mass is 234 g/mol. The molecule has 1 fully saturated rings. The summed E-state index contributed by atoms with van der Waals surface area (Å²) in [5, 5.41) is 0. The number of methoxy groups -OCH3 is 1. The summed E-state index contributed by atoms with van der Waals surface area (Å²) in [7, 11) is 1.69. The molecule has 2 heteroatoms. The summed E-state index contributed by atoms with van der Waals surface area (Å²) in [6.45, 7) is 1.27. The predicted octanol–water partition coefficient (Wildman–Crippen LogP) is 3.76. The molecule has 2 rings (SSSR count).